The van der Waals surface area contributed by atoms with Crippen LogP contribution in [-0.4, -0.2) is 20.8 Å². The first kappa shape index (κ1) is 21.0. The molecule has 5 aromatic rings. The van der Waals surface area contributed by atoms with Gasteiger partial charge >= 0.3 is 0 Å². The Morgan fingerprint density at radius 3 is 2.67 bits per heavy atom. The van der Waals surface area contributed by atoms with Crippen molar-refractivity contribution in [3.05, 3.63) is 93.1 Å². The fraction of sp³-hybridized carbons (Fsp3) is 0.0455. The molecule has 164 valence electrons. The van der Waals surface area contributed by atoms with Gasteiger partial charge in [-0.05, 0) is 30.3 Å². The summed E-state index contributed by atoms with van der Waals surface area (Å²) in [6.45, 7) is 0.0536. The topological polar surface area (TPSA) is 89.2 Å². The van der Waals surface area contributed by atoms with E-state index in [1.54, 1.807) is 36.5 Å². The molecular weight excluding hydrogens is 470 g/mol. The molecule has 0 saturated heterocycles. The normalized spacial score (nSPS) is 11.2. The van der Waals surface area contributed by atoms with Gasteiger partial charge in [-0.3, -0.25) is 24.8 Å². The van der Waals surface area contributed by atoms with Crippen LogP contribution in [0.5, 0.6) is 0 Å². The molecule has 0 aliphatic rings. The zero-order valence-electron chi connectivity index (χ0n) is 16.6. The Morgan fingerprint density at radius 2 is 1.91 bits per heavy atom. The Kier molecular flexibility index (Phi) is 5.27. The SMILES string of the molecule is O=C(c1cc2cc([N+](=O)[O-])ccc2s1)N(Cc1ccccn1)c1nc2c(F)cc(F)cc2s1. The molecule has 7 nitrogen and oxygen atoms in total. The van der Waals surface area contributed by atoms with Crippen LogP contribution in [-0.2, 0) is 6.54 Å². The maximum Gasteiger partial charge on any atom is 0.270 e. The number of non-ortho nitro benzene ring substituents is 1. The molecule has 5 rings (SSSR count). The van der Waals surface area contributed by atoms with E-state index in [0.717, 1.165) is 17.4 Å². The lowest BCUT2D eigenvalue weighted by Crippen LogP contribution is -2.30. The van der Waals surface area contributed by atoms with Crippen molar-refractivity contribution in [1.29, 1.82) is 0 Å². The number of fused-ring (bicyclic) bond motifs is 2. The number of thiophene rings is 1. The van der Waals surface area contributed by atoms with Gasteiger partial charge < -0.3 is 0 Å². The highest BCUT2D eigenvalue weighted by Crippen LogP contribution is 2.35. The van der Waals surface area contributed by atoms with Crippen molar-refractivity contribution >= 4 is 59.7 Å². The number of rotatable bonds is 5. The van der Waals surface area contributed by atoms with E-state index < -0.39 is 22.5 Å². The smallest absolute Gasteiger partial charge is 0.270 e. The standard InChI is InChI=1S/C22H12F2N4O3S2/c23-13-9-16(24)20-18(10-13)33-22(26-20)27(11-14-3-1-2-6-25-14)21(29)19-8-12-7-15(28(30)31)4-5-17(12)32-19/h1-10H,11H2. The first-order chi connectivity index (χ1) is 15.9. The number of halogens is 2. The van der Waals surface area contributed by atoms with Crippen LogP contribution in [0.15, 0.2) is 60.8 Å². The average Bonchev–Trinajstić information content (AvgIpc) is 3.41. The van der Waals surface area contributed by atoms with Crippen LogP contribution in [0.3, 0.4) is 0 Å². The van der Waals surface area contributed by atoms with Crippen molar-refractivity contribution in [2.45, 2.75) is 6.54 Å². The van der Waals surface area contributed by atoms with Gasteiger partial charge in [0.2, 0.25) is 0 Å². The molecule has 2 aromatic carbocycles. The van der Waals surface area contributed by atoms with E-state index in [1.165, 1.54) is 34.4 Å². The van der Waals surface area contributed by atoms with Gasteiger partial charge in [-0.25, -0.2) is 13.8 Å². The number of nitro benzene ring substituents is 1. The Balaban J connectivity index is 1.59. The Bertz CT molecular complexity index is 1540. The molecular formula is C22H12F2N4O3S2. The van der Waals surface area contributed by atoms with Crippen molar-refractivity contribution in [2.75, 3.05) is 4.90 Å². The van der Waals surface area contributed by atoms with Crippen LogP contribution < -0.4 is 4.90 Å². The van der Waals surface area contributed by atoms with E-state index in [9.17, 15) is 23.7 Å². The van der Waals surface area contributed by atoms with Gasteiger partial charge in [0.25, 0.3) is 11.6 Å². The number of carbonyl (C=O) groups excluding carboxylic acids is 1. The van der Waals surface area contributed by atoms with E-state index in [-0.39, 0.29) is 27.6 Å². The minimum Gasteiger partial charge on any atom is -0.277 e. The predicted molar refractivity (Wildman–Crippen MR) is 123 cm³/mol. The summed E-state index contributed by atoms with van der Waals surface area (Å²) in [4.78, 5) is 34.3. The summed E-state index contributed by atoms with van der Waals surface area (Å²) >= 11 is 2.17. The minimum absolute atomic E-state index is 0.0258. The third kappa shape index (κ3) is 4.03. The summed E-state index contributed by atoms with van der Waals surface area (Å²) in [5.74, 6) is -1.97. The number of carbonyl (C=O) groups is 1. The number of nitro groups is 1. The van der Waals surface area contributed by atoms with E-state index >= 15 is 0 Å². The molecule has 0 N–H and O–H groups in total. The number of nitrogens with zero attached hydrogens (tertiary/aromatic N) is 4. The zero-order valence-corrected chi connectivity index (χ0v) is 18.2. The third-order valence-corrected chi connectivity index (χ3v) is 6.98. The summed E-state index contributed by atoms with van der Waals surface area (Å²) in [7, 11) is 0. The van der Waals surface area contributed by atoms with Crippen LogP contribution in [0.4, 0.5) is 19.6 Å². The molecule has 0 aliphatic heterocycles. The predicted octanol–water partition coefficient (Wildman–Crippen LogP) is 5.94. The molecule has 1 amide bonds. The number of hydrogen-bond donors (Lipinski definition) is 0. The van der Waals surface area contributed by atoms with E-state index in [1.807, 2.05) is 0 Å². The summed E-state index contributed by atoms with van der Waals surface area (Å²) in [6.07, 6.45) is 1.59. The second-order valence-corrected chi connectivity index (χ2v) is 9.13. The second-order valence-electron chi connectivity index (χ2n) is 7.03. The van der Waals surface area contributed by atoms with Crippen molar-refractivity contribution in [1.82, 2.24) is 9.97 Å². The van der Waals surface area contributed by atoms with Crippen LogP contribution in [0.1, 0.15) is 15.4 Å². The Labute approximate surface area is 192 Å². The third-order valence-electron chi connectivity index (χ3n) is 4.85. The summed E-state index contributed by atoms with van der Waals surface area (Å²) in [5.41, 5.74) is 0.476. The molecule has 3 aromatic heterocycles. The fourth-order valence-corrected chi connectivity index (χ4v) is 5.32. The second kappa shape index (κ2) is 8.26. The number of hydrogen-bond acceptors (Lipinski definition) is 7. The molecule has 11 heteroatoms. The van der Waals surface area contributed by atoms with Crippen LogP contribution >= 0.6 is 22.7 Å². The zero-order chi connectivity index (χ0) is 23.1. The van der Waals surface area contributed by atoms with Crippen LogP contribution in [0.25, 0.3) is 20.3 Å². The van der Waals surface area contributed by atoms with Gasteiger partial charge in [0, 0.05) is 34.5 Å². The van der Waals surface area contributed by atoms with Crippen molar-refractivity contribution in [3.63, 3.8) is 0 Å². The fourth-order valence-electron chi connectivity index (χ4n) is 3.32. The lowest BCUT2D eigenvalue weighted by molar-refractivity contribution is -0.384. The lowest BCUT2D eigenvalue weighted by atomic mass is 10.2. The molecule has 0 unspecified atom stereocenters. The molecule has 0 radical (unpaired) electrons. The van der Waals surface area contributed by atoms with Gasteiger partial charge in [0.1, 0.15) is 11.3 Å². The Hall–Kier alpha value is -3.83. The van der Waals surface area contributed by atoms with Crippen molar-refractivity contribution in [3.8, 4) is 0 Å². The molecule has 3 heterocycles. The summed E-state index contributed by atoms with van der Waals surface area (Å²) in [6, 6.07) is 13.1. The molecule has 0 fully saturated rings. The molecule has 0 atom stereocenters. The molecule has 33 heavy (non-hydrogen) atoms. The highest BCUT2D eigenvalue weighted by atomic mass is 32.1. The quantitative estimate of drug-likeness (QED) is 0.228. The molecule has 0 aliphatic carbocycles. The van der Waals surface area contributed by atoms with Crippen molar-refractivity contribution < 1.29 is 18.5 Å². The van der Waals surface area contributed by atoms with Gasteiger partial charge in [-0.1, -0.05) is 17.4 Å². The maximum atomic E-state index is 14.3. The van der Waals surface area contributed by atoms with E-state index in [0.29, 0.717) is 20.7 Å². The number of aromatic nitrogens is 2. The van der Waals surface area contributed by atoms with Crippen molar-refractivity contribution in [2.24, 2.45) is 0 Å². The average molecular weight is 482 g/mol. The highest BCUT2D eigenvalue weighted by molar-refractivity contribution is 7.23. The summed E-state index contributed by atoms with van der Waals surface area (Å²) < 4.78 is 28.9. The van der Waals surface area contributed by atoms with E-state index in [2.05, 4.69) is 9.97 Å². The molecule has 0 spiro atoms. The molecule has 0 bridgehead atoms. The van der Waals surface area contributed by atoms with Gasteiger partial charge in [0.05, 0.1) is 26.7 Å². The maximum absolute atomic E-state index is 14.3. The molecule has 0 saturated carbocycles. The monoisotopic (exact) mass is 482 g/mol. The largest absolute Gasteiger partial charge is 0.277 e. The van der Waals surface area contributed by atoms with E-state index in [4.69, 9.17) is 0 Å². The Morgan fingerprint density at radius 1 is 1.06 bits per heavy atom. The van der Waals surface area contributed by atoms with Crippen LogP contribution in [0, 0.1) is 21.7 Å². The number of pyridine rings is 1. The lowest BCUT2D eigenvalue weighted by Gasteiger charge is -2.18. The van der Waals surface area contributed by atoms with Gasteiger partial charge in [-0.15, -0.1) is 11.3 Å². The number of benzene rings is 2. The highest BCUT2D eigenvalue weighted by Gasteiger charge is 2.25. The minimum atomic E-state index is -0.813. The number of thiazole rings is 1. The first-order valence-electron chi connectivity index (χ1n) is 9.54. The van der Waals surface area contributed by atoms with Crippen LogP contribution in [0.2, 0.25) is 0 Å². The van der Waals surface area contributed by atoms with Gasteiger partial charge in [-0.2, -0.15) is 0 Å². The number of amides is 1. The summed E-state index contributed by atoms with van der Waals surface area (Å²) in [5, 5.41) is 11.8. The van der Waals surface area contributed by atoms with Gasteiger partial charge in [0.15, 0.2) is 10.9 Å². The first-order valence-corrected chi connectivity index (χ1v) is 11.2. The number of anilines is 1.